The number of benzene rings is 1. The van der Waals surface area contributed by atoms with Crippen molar-refractivity contribution < 1.29 is 22.3 Å². The van der Waals surface area contributed by atoms with E-state index >= 15 is 0 Å². The van der Waals surface area contributed by atoms with Crippen molar-refractivity contribution in [3.63, 3.8) is 0 Å². The van der Waals surface area contributed by atoms with E-state index in [-0.39, 0.29) is 35.6 Å². The molecule has 1 rings (SSSR count). The lowest BCUT2D eigenvalue weighted by Gasteiger charge is -2.10. The molecule has 0 aliphatic heterocycles. The lowest BCUT2D eigenvalue weighted by atomic mass is 10.3. The molecule has 0 atom stereocenters. The van der Waals surface area contributed by atoms with Crippen molar-refractivity contribution >= 4 is 25.6 Å². The van der Waals surface area contributed by atoms with Gasteiger partial charge < -0.3 is 10.1 Å². The third kappa shape index (κ3) is 5.34. The minimum absolute atomic E-state index is 0.0115. The Hall–Kier alpha value is -1.34. The van der Waals surface area contributed by atoms with Gasteiger partial charge in [-0.3, -0.25) is 4.79 Å². The van der Waals surface area contributed by atoms with Gasteiger partial charge >= 0.3 is 0 Å². The molecule has 0 bridgehead atoms. The molecule has 8 heteroatoms. The Kier molecular flexibility index (Phi) is 5.76. The van der Waals surface area contributed by atoms with Gasteiger partial charge in [-0.15, -0.1) is 0 Å². The fraction of sp³-hybridized carbons (Fsp3) is 0.417. The second-order valence-electron chi connectivity index (χ2n) is 4.35. The van der Waals surface area contributed by atoms with Crippen LogP contribution in [0, 0.1) is 5.82 Å². The average molecular weight is 324 g/mol. The van der Waals surface area contributed by atoms with E-state index in [0.29, 0.717) is 0 Å². The minimum atomic E-state index is -3.98. The molecular formula is C12H15ClFNO4S. The maximum absolute atomic E-state index is 13.6. The first-order valence-electron chi connectivity index (χ1n) is 5.86. The van der Waals surface area contributed by atoms with E-state index < -0.39 is 14.9 Å². The molecule has 0 aliphatic rings. The van der Waals surface area contributed by atoms with E-state index in [9.17, 15) is 17.6 Å². The number of ether oxygens (including phenoxy) is 1. The summed E-state index contributed by atoms with van der Waals surface area (Å²) in [5.74, 6) is -1.19. The van der Waals surface area contributed by atoms with Crippen LogP contribution in [0.1, 0.15) is 20.3 Å². The van der Waals surface area contributed by atoms with Crippen LogP contribution in [-0.2, 0) is 13.8 Å². The first-order valence-corrected chi connectivity index (χ1v) is 8.17. The fourth-order valence-corrected chi connectivity index (χ4v) is 2.16. The highest BCUT2D eigenvalue weighted by Crippen LogP contribution is 2.23. The molecule has 5 nitrogen and oxygen atoms in total. The molecule has 0 fully saturated rings. The van der Waals surface area contributed by atoms with Crippen LogP contribution in [0.2, 0.25) is 0 Å². The van der Waals surface area contributed by atoms with Gasteiger partial charge in [0, 0.05) is 16.7 Å². The van der Waals surface area contributed by atoms with Gasteiger partial charge in [-0.1, -0.05) is 0 Å². The smallest absolute Gasteiger partial charge is 0.261 e. The molecule has 0 aromatic heterocycles. The fourth-order valence-electron chi connectivity index (χ4n) is 1.40. The molecule has 0 spiro atoms. The summed E-state index contributed by atoms with van der Waals surface area (Å²) >= 11 is 0. The second-order valence-corrected chi connectivity index (χ2v) is 6.92. The van der Waals surface area contributed by atoms with E-state index in [1.807, 2.05) is 13.8 Å². The molecule has 0 unspecified atom stereocenters. The van der Waals surface area contributed by atoms with Crippen LogP contribution >= 0.6 is 10.7 Å². The number of carbonyl (C=O) groups excluding carboxylic acids is 1. The molecule has 112 valence electrons. The Morgan fingerprint density at radius 3 is 2.60 bits per heavy atom. The maximum Gasteiger partial charge on any atom is 0.261 e. The van der Waals surface area contributed by atoms with Crippen molar-refractivity contribution in [1.29, 1.82) is 0 Å². The van der Waals surface area contributed by atoms with Gasteiger partial charge in [0.15, 0.2) is 11.6 Å². The largest absolute Gasteiger partial charge is 0.490 e. The number of hydrogen-bond donors (Lipinski definition) is 1. The predicted molar refractivity (Wildman–Crippen MR) is 72.8 cm³/mol. The summed E-state index contributed by atoms with van der Waals surface area (Å²) in [7, 11) is 1.11. The maximum atomic E-state index is 13.6. The van der Waals surface area contributed by atoms with E-state index in [4.69, 9.17) is 15.4 Å². The van der Waals surface area contributed by atoms with Gasteiger partial charge in [-0.05, 0) is 32.0 Å². The molecular weight excluding hydrogens is 309 g/mol. The monoisotopic (exact) mass is 323 g/mol. The van der Waals surface area contributed by atoms with Gasteiger partial charge in [0.25, 0.3) is 9.05 Å². The standard InChI is InChI=1S/C12H15ClFNO4S/c1-8(2)15-12(16)5-6-19-11-4-3-9(7-10(11)14)20(13,17)18/h3-4,7-8H,5-6H2,1-2H3,(H,15,16). The Labute approximate surface area is 121 Å². The summed E-state index contributed by atoms with van der Waals surface area (Å²) in [6, 6.07) is 3.08. The van der Waals surface area contributed by atoms with Crippen molar-refractivity contribution in [3.8, 4) is 5.75 Å². The van der Waals surface area contributed by atoms with E-state index in [1.165, 1.54) is 0 Å². The lowest BCUT2D eigenvalue weighted by molar-refractivity contribution is -0.122. The topological polar surface area (TPSA) is 72.5 Å². The minimum Gasteiger partial charge on any atom is -0.490 e. The quantitative estimate of drug-likeness (QED) is 0.813. The number of nitrogens with one attached hydrogen (secondary N) is 1. The molecule has 1 aromatic carbocycles. The summed E-state index contributed by atoms with van der Waals surface area (Å²) < 4.78 is 40.7. The van der Waals surface area contributed by atoms with E-state index in [2.05, 4.69) is 5.32 Å². The summed E-state index contributed by atoms with van der Waals surface area (Å²) in [5.41, 5.74) is 0. The SMILES string of the molecule is CC(C)NC(=O)CCOc1ccc(S(=O)(=O)Cl)cc1F. The van der Waals surface area contributed by atoms with Crippen LogP contribution in [0.15, 0.2) is 23.1 Å². The van der Waals surface area contributed by atoms with Crippen molar-refractivity contribution in [2.75, 3.05) is 6.61 Å². The Bertz CT molecular complexity index is 589. The van der Waals surface area contributed by atoms with Crippen molar-refractivity contribution in [3.05, 3.63) is 24.0 Å². The number of hydrogen-bond acceptors (Lipinski definition) is 4. The highest BCUT2D eigenvalue weighted by Gasteiger charge is 2.14. The number of carbonyl (C=O) groups is 1. The Morgan fingerprint density at radius 1 is 1.45 bits per heavy atom. The van der Waals surface area contributed by atoms with Gasteiger partial charge in [-0.25, -0.2) is 12.8 Å². The summed E-state index contributed by atoms with van der Waals surface area (Å²) in [5, 5.41) is 2.66. The number of halogens is 2. The van der Waals surface area contributed by atoms with Gasteiger partial charge in [0.1, 0.15) is 0 Å². The normalized spacial score (nSPS) is 11.4. The molecule has 1 amide bonds. The molecule has 0 aliphatic carbocycles. The molecule has 1 aromatic rings. The zero-order valence-corrected chi connectivity index (χ0v) is 12.6. The Morgan fingerprint density at radius 2 is 2.10 bits per heavy atom. The third-order valence-electron chi connectivity index (χ3n) is 2.22. The van der Waals surface area contributed by atoms with Crippen molar-refractivity contribution in [2.24, 2.45) is 0 Å². The van der Waals surface area contributed by atoms with Crippen LogP contribution in [-0.4, -0.2) is 27.0 Å². The molecule has 0 saturated carbocycles. The van der Waals surface area contributed by atoms with Crippen LogP contribution in [0.25, 0.3) is 0 Å². The van der Waals surface area contributed by atoms with E-state index in [1.54, 1.807) is 0 Å². The zero-order chi connectivity index (χ0) is 15.3. The van der Waals surface area contributed by atoms with Gasteiger partial charge in [0.2, 0.25) is 5.91 Å². The second kappa shape index (κ2) is 6.90. The molecule has 0 radical (unpaired) electrons. The number of amides is 1. The van der Waals surface area contributed by atoms with Crippen LogP contribution < -0.4 is 10.1 Å². The van der Waals surface area contributed by atoms with Gasteiger partial charge in [-0.2, -0.15) is 0 Å². The predicted octanol–water partition coefficient (Wildman–Crippen LogP) is 2.05. The summed E-state index contributed by atoms with van der Waals surface area (Å²) in [4.78, 5) is 11.0. The molecule has 20 heavy (non-hydrogen) atoms. The van der Waals surface area contributed by atoms with Crippen molar-refractivity contribution in [2.45, 2.75) is 31.2 Å². The first-order chi connectivity index (χ1) is 9.20. The van der Waals surface area contributed by atoms with Crippen molar-refractivity contribution in [1.82, 2.24) is 5.32 Å². The van der Waals surface area contributed by atoms with E-state index in [0.717, 1.165) is 18.2 Å². The molecule has 1 N–H and O–H groups in total. The molecule has 0 saturated heterocycles. The lowest BCUT2D eigenvalue weighted by Crippen LogP contribution is -2.31. The number of rotatable bonds is 6. The summed E-state index contributed by atoms with van der Waals surface area (Å²) in [6.45, 7) is 3.63. The first kappa shape index (κ1) is 16.7. The zero-order valence-electron chi connectivity index (χ0n) is 11.0. The van der Waals surface area contributed by atoms with Crippen LogP contribution in [0.3, 0.4) is 0 Å². The molecule has 0 heterocycles. The highest BCUT2D eigenvalue weighted by atomic mass is 35.7. The van der Waals surface area contributed by atoms with Crippen LogP contribution in [0.4, 0.5) is 4.39 Å². The summed E-state index contributed by atoms with van der Waals surface area (Å²) in [6.07, 6.45) is 0.0766. The van der Waals surface area contributed by atoms with Crippen LogP contribution in [0.5, 0.6) is 5.75 Å². The Balaban J connectivity index is 2.60. The highest BCUT2D eigenvalue weighted by molar-refractivity contribution is 8.13. The third-order valence-corrected chi connectivity index (χ3v) is 3.57. The van der Waals surface area contributed by atoms with Gasteiger partial charge in [0.05, 0.1) is 17.9 Å². The average Bonchev–Trinajstić information content (AvgIpc) is 2.28.